The number of nitriles is 1. The maximum atomic E-state index is 12.5. The molecule has 2 aromatic heterocycles. The molecule has 0 saturated carbocycles. The third-order valence-corrected chi connectivity index (χ3v) is 8.07. The van der Waals surface area contributed by atoms with Crippen LogP contribution in [0.4, 0.5) is 9.80 Å². The lowest BCUT2D eigenvalue weighted by Crippen LogP contribution is -2.42. The standard InChI is InChI=1S/C24H25N3O5S2/c1-31-23(29)19-5-2-10-27(19)24(30)32-14-15-6-8-17-18(13-25)22(34-20(17)12-15)26-21(28)9-7-16-4-3-11-33-16/h3-4,7,9,11,15,19H,2,5-6,8,10,12,14H2,1H3,(H,26,28)/b9-7+. The number of methoxy groups -OCH3 is 1. The zero-order valence-corrected chi connectivity index (χ0v) is 20.4. The Bertz CT molecular complexity index is 1130. The number of hydrogen-bond acceptors (Lipinski definition) is 8. The number of hydrogen-bond donors (Lipinski definition) is 1. The second kappa shape index (κ2) is 10.8. The molecule has 4 rings (SSSR count). The van der Waals surface area contributed by atoms with E-state index >= 15 is 0 Å². The van der Waals surface area contributed by atoms with Gasteiger partial charge in [-0.1, -0.05) is 6.07 Å². The minimum Gasteiger partial charge on any atom is -0.467 e. The summed E-state index contributed by atoms with van der Waals surface area (Å²) < 4.78 is 10.3. The Kier molecular flexibility index (Phi) is 7.65. The number of thiophene rings is 2. The molecule has 1 aliphatic heterocycles. The molecule has 2 aromatic rings. The van der Waals surface area contributed by atoms with Crippen LogP contribution in [0.2, 0.25) is 0 Å². The van der Waals surface area contributed by atoms with Gasteiger partial charge in [0.25, 0.3) is 0 Å². The van der Waals surface area contributed by atoms with Crippen LogP contribution in [0.15, 0.2) is 23.6 Å². The van der Waals surface area contributed by atoms with Gasteiger partial charge in [0.05, 0.1) is 19.3 Å². The predicted octanol–water partition coefficient (Wildman–Crippen LogP) is 4.21. The molecule has 2 unspecified atom stereocenters. The summed E-state index contributed by atoms with van der Waals surface area (Å²) in [6, 6.07) is 5.50. The molecule has 1 fully saturated rings. The zero-order valence-electron chi connectivity index (χ0n) is 18.7. The van der Waals surface area contributed by atoms with Gasteiger partial charge in [-0.25, -0.2) is 9.59 Å². The lowest BCUT2D eigenvalue weighted by Gasteiger charge is -2.25. The van der Waals surface area contributed by atoms with Crippen LogP contribution in [0.25, 0.3) is 6.08 Å². The van der Waals surface area contributed by atoms with Gasteiger partial charge >= 0.3 is 12.1 Å². The van der Waals surface area contributed by atoms with E-state index in [0.29, 0.717) is 36.4 Å². The largest absolute Gasteiger partial charge is 0.467 e. The molecule has 1 saturated heterocycles. The van der Waals surface area contributed by atoms with Gasteiger partial charge in [-0.3, -0.25) is 9.69 Å². The number of likely N-dealkylation sites (tertiary alicyclic amines) is 1. The van der Waals surface area contributed by atoms with Crippen molar-refractivity contribution in [1.29, 1.82) is 5.26 Å². The summed E-state index contributed by atoms with van der Waals surface area (Å²) in [5.41, 5.74) is 1.49. The number of fused-ring (bicyclic) bond motifs is 1. The van der Waals surface area contributed by atoms with Crippen molar-refractivity contribution in [3.05, 3.63) is 44.5 Å². The first-order valence-corrected chi connectivity index (χ1v) is 12.8. The molecule has 2 atom stereocenters. The molecular formula is C24H25N3O5S2. The Hall–Kier alpha value is -3.16. The first-order chi connectivity index (χ1) is 16.5. The number of esters is 1. The van der Waals surface area contributed by atoms with Gasteiger partial charge in [-0.2, -0.15) is 5.26 Å². The number of carbonyl (C=O) groups excluding carboxylic acids is 3. The van der Waals surface area contributed by atoms with Gasteiger partial charge < -0.3 is 14.8 Å². The van der Waals surface area contributed by atoms with Gasteiger partial charge in [0.1, 0.15) is 17.1 Å². The summed E-state index contributed by atoms with van der Waals surface area (Å²) in [6.07, 6.45) is 6.17. The number of amides is 2. The lowest BCUT2D eigenvalue weighted by molar-refractivity contribution is -0.145. The van der Waals surface area contributed by atoms with E-state index in [1.165, 1.54) is 40.8 Å². The van der Waals surface area contributed by atoms with Crippen LogP contribution < -0.4 is 5.32 Å². The molecule has 0 bridgehead atoms. The van der Waals surface area contributed by atoms with Crippen LogP contribution >= 0.6 is 22.7 Å². The highest BCUT2D eigenvalue weighted by Gasteiger charge is 2.36. The van der Waals surface area contributed by atoms with Crippen molar-refractivity contribution in [1.82, 2.24) is 4.90 Å². The van der Waals surface area contributed by atoms with Crippen LogP contribution in [-0.4, -0.2) is 49.2 Å². The summed E-state index contributed by atoms with van der Waals surface area (Å²) in [5, 5.41) is 15.0. The van der Waals surface area contributed by atoms with Crippen molar-refractivity contribution < 1.29 is 23.9 Å². The Morgan fingerprint density at radius 3 is 2.94 bits per heavy atom. The summed E-state index contributed by atoms with van der Waals surface area (Å²) in [4.78, 5) is 40.2. The molecule has 0 aromatic carbocycles. The van der Waals surface area contributed by atoms with E-state index in [-0.39, 0.29) is 18.4 Å². The average Bonchev–Trinajstić information content (AvgIpc) is 3.60. The van der Waals surface area contributed by atoms with E-state index in [1.54, 1.807) is 6.08 Å². The molecule has 34 heavy (non-hydrogen) atoms. The van der Waals surface area contributed by atoms with E-state index in [4.69, 9.17) is 9.47 Å². The van der Waals surface area contributed by atoms with Crippen molar-refractivity contribution in [3.63, 3.8) is 0 Å². The summed E-state index contributed by atoms with van der Waals surface area (Å²) in [7, 11) is 1.32. The van der Waals surface area contributed by atoms with Crippen LogP contribution in [0, 0.1) is 17.2 Å². The van der Waals surface area contributed by atoms with Crippen molar-refractivity contribution in [2.24, 2.45) is 5.92 Å². The highest BCUT2D eigenvalue weighted by molar-refractivity contribution is 7.16. The van der Waals surface area contributed by atoms with E-state index in [0.717, 1.165) is 28.2 Å². The fourth-order valence-electron chi connectivity index (χ4n) is 4.34. The number of rotatable bonds is 6. The topological polar surface area (TPSA) is 109 Å². The van der Waals surface area contributed by atoms with E-state index in [1.807, 2.05) is 17.5 Å². The summed E-state index contributed by atoms with van der Waals surface area (Å²) in [6.45, 7) is 0.724. The first-order valence-electron chi connectivity index (χ1n) is 11.1. The molecule has 1 aliphatic carbocycles. The predicted molar refractivity (Wildman–Crippen MR) is 130 cm³/mol. The Labute approximate surface area is 205 Å². The monoisotopic (exact) mass is 499 g/mol. The summed E-state index contributed by atoms with van der Waals surface area (Å²) >= 11 is 2.95. The smallest absolute Gasteiger partial charge is 0.410 e. The van der Waals surface area contributed by atoms with Gasteiger partial charge in [0.2, 0.25) is 5.91 Å². The SMILES string of the molecule is COC(=O)C1CCCN1C(=O)OCC1CCc2c(sc(NC(=O)/C=C/c3cccs3)c2C#N)C1. The average molecular weight is 500 g/mol. The Balaban J connectivity index is 1.35. The highest BCUT2D eigenvalue weighted by atomic mass is 32.1. The molecule has 3 heterocycles. The minimum atomic E-state index is -0.578. The fraction of sp³-hybridized carbons (Fsp3) is 0.417. The molecule has 178 valence electrons. The van der Waals surface area contributed by atoms with Crippen molar-refractivity contribution in [3.8, 4) is 6.07 Å². The van der Waals surface area contributed by atoms with Gasteiger partial charge in [-0.05, 0) is 61.1 Å². The molecule has 1 N–H and O–H groups in total. The molecule has 10 heteroatoms. The number of ether oxygens (including phenoxy) is 2. The quantitative estimate of drug-likeness (QED) is 0.471. The fourth-order valence-corrected chi connectivity index (χ4v) is 6.27. The molecule has 0 spiro atoms. The third kappa shape index (κ3) is 5.32. The number of anilines is 1. The van der Waals surface area contributed by atoms with E-state index < -0.39 is 18.1 Å². The lowest BCUT2D eigenvalue weighted by atomic mass is 9.88. The van der Waals surface area contributed by atoms with Gasteiger partial charge in [0, 0.05) is 22.4 Å². The molecule has 2 aliphatic rings. The number of carbonyl (C=O) groups is 3. The van der Waals surface area contributed by atoms with Gasteiger partial charge in [0.15, 0.2) is 0 Å². The number of nitrogens with zero attached hydrogens (tertiary/aromatic N) is 2. The van der Waals surface area contributed by atoms with Crippen molar-refractivity contribution >= 4 is 51.7 Å². The normalized spacial score (nSPS) is 19.5. The maximum absolute atomic E-state index is 12.5. The van der Waals surface area contributed by atoms with Crippen LogP contribution in [0.3, 0.4) is 0 Å². The van der Waals surface area contributed by atoms with E-state index in [9.17, 15) is 19.6 Å². The summed E-state index contributed by atoms with van der Waals surface area (Å²) in [5.74, 6) is -0.581. The minimum absolute atomic E-state index is 0.114. The van der Waals surface area contributed by atoms with Crippen molar-refractivity contribution in [2.75, 3.05) is 25.6 Å². The maximum Gasteiger partial charge on any atom is 0.410 e. The highest BCUT2D eigenvalue weighted by Crippen LogP contribution is 2.39. The third-order valence-electron chi connectivity index (χ3n) is 6.06. The number of nitrogens with one attached hydrogen (secondary N) is 1. The van der Waals surface area contributed by atoms with E-state index in [2.05, 4.69) is 11.4 Å². The Morgan fingerprint density at radius 2 is 2.21 bits per heavy atom. The second-order valence-electron chi connectivity index (χ2n) is 8.22. The van der Waals surface area contributed by atoms with Crippen LogP contribution in [-0.2, 0) is 31.9 Å². The van der Waals surface area contributed by atoms with Crippen LogP contribution in [0.1, 0.15) is 40.1 Å². The first kappa shape index (κ1) is 24.0. The van der Waals surface area contributed by atoms with Crippen molar-refractivity contribution in [2.45, 2.75) is 38.1 Å². The van der Waals surface area contributed by atoms with Crippen LogP contribution in [0.5, 0.6) is 0 Å². The molecule has 8 nitrogen and oxygen atoms in total. The molecule has 2 amide bonds. The Morgan fingerprint density at radius 1 is 1.35 bits per heavy atom. The molecular weight excluding hydrogens is 474 g/mol. The zero-order chi connectivity index (χ0) is 24.1. The second-order valence-corrected chi connectivity index (χ2v) is 10.3. The van der Waals surface area contributed by atoms with Gasteiger partial charge in [-0.15, -0.1) is 22.7 Å². The molecule has 0 radical (unpaired) electrons.